The molecule has 2 heterocycles. The Hall–Kier alpha value is -0.690. The van der Waals surface area contributed by atoms with E-state index in [4.69, 9.17) is 5.14 Å². The molecule has 2 aromatic heterocycles. The van der Waals surface area contributed by atoms with Gasteiger partial charge in [0.1, 0.15) is 4.90 Å². The molecule has 0 aliphatic rings. The van der Waals surface area contributed by atoms with Gasteiger partial charge in [-0.05, 0) is 36.2 Å². The summed E-state index contributed by atoms with van der Waals surface area (Å²) in [5, 5.41) is 9.12. The van der Waals surface area contributed by atoms with Crippen LogP contribution in [0.2, 0.25) is 0 Å². The van der Waals surface area contributed by atoms with Crippen LogP contribution in [0.5, 0.6) is 0 Å². The van der Waals surface area contributed by atoms with Gasteiger partial charge in [0.2, 0.25) is 10.0 Å². The van der Waals surface area contributed by atoms with E-state index in [0.717, 1.165) is 20.9 Å². The maximum Gasteiger partial charge on any atom is 0.239 e. The van der Waals surface area contributed by atoms with Crippen molar-refractivity contribution in [1.82, 2.24) is 0 Å². The molecule has 0 aliphatic carbocycles. The van der Waals surface area contributed by atoms with Gasteiger partial charge in [0.15, 0.2) is 0 Å². The lowest BCUT2D eigenvalue weighted by atomic mass is 10.1. The van der Waals surface area contributed by atoms with Gasteiger partial charge in [-0.2, -0.15) is 11.3 Å². The Morgan fingerprint density at radius 2 is 1.94 bits per heavy atom. The third-order valence-corrected chi connectivity index (χ3v) is 5.21. The Morgan fingerprint density at radius 3 is 2.44 bits per heavy atom. The first-order valence-electron chi connectivity index (χ1n) is 4.56. The zero-order chi connectivity index (χ0) is 11.9. The average Bonchev–Trinajstić information content (AvgIpc) is 2.70. The van der Waals surface area contributed by atoms with E-state index in [9.17, 15) is 8.42 Å². The lowest BCUT2D eigenvalue weighted by Gasteiger charge is -2.02. The van der Waals surface area contributed by atoms with E-state index in [-0.39, 0.29) is 4.90 Å². The van der Waals surface area contributed by atoms with Crippen LogP contribution in [0.4, 0.5) is 0 Å². The van der Waals surface area contributed by atoms with E-state index in [1.165, 1.54) is 11.3 Å². The maximum absolute atomic E-state index is 11.6. The largest absolute Gasteiger partial charge is 0.239 e. The first-order valence-corrected chi connectivity index (χ1v) is 7.87. The normalized spacial score (nSPS) is 11.9. The van der Waals surface area contributed by atoms with E-state index in [1.54, 1.807) is 18.3 Å². The molecule has 0 amide bonds. The van der Waals surface area contributed by atoms with E-state index in [0.29, 0.717) is 0 Å². The minimum absolute atomic E-state index is 0.272. The van der Waals surface area contributed by atoms with Crippen LogP contribution in [-0.4, -0.2) is 8.42 Å². The van der Waals surface area contributed by atoms with Crippen LogP contribution in [0.25, 0.3) is 11.1 Å². The van der Waals surface area contributed by atoms with Crippen molar-refractivity contribution in [2.45, 2.75) is 18.7 Å². The molecular weight excluding hydrogens is 262 g/mol. The molecule has 16 heavy (non-hydrogen) atoms. The van der Waals surface area contributed by atoms with Gasteiger partial charge in [0.25, 0.3) is 0 Å². The summed E-state index contributed by atoms with van der Waals surface area (Å²) in [5.41, 5.74) is 1.68. The molecule has 0 aliphatic heterocycles. The molecule has 2 aromatic rings. The van der Waals surface area contributed by atoms with Gasteiger partial charge in [-0.15, -0.1) is 11.3 Å². The van der Waals surface area contributed by atoms with Gasteiger partial charge in [-0.1, -0.05) is 0 Å². The van der Waals surface area contributed by atoms with Gasteiger partial charge >= 0.3 is 0 Å². The Bertz CT molecular complexity index is 609. The predicted octanol–water partition coefficient (Wildman–Crippen LogP) is 2.74. The molecule has 0 saturated carbocycles. The van der Waals surface area contributed by atoms with Crippen LogP contribution in [-0.2, 0) is 10.0 Å². The fourth-order valence-corrected chi connectivity index (χ4v) is 4.86. The fraction of sp³-hybridized carbons (Fsp3) is 0.200. The second-order valence-corrected chi connectivity index (χ2v) is 7.18. The molecule has 86 valence electrons. The smallest absolute Gasteiger partial charge is 0.225 e. The van der Waals surface area contributed by atoms with Crippen molar-refractivity contribution in [3.8, 4) is 11.1 Å². The summed E-state index contributed by atoms with van der Waals surface area (Å²) in [6.45, 7) is 3.70. The quantitative estimate of drug-likeness (QED) is 0.914. The van der Waals surface area contributed by atoms with E-state index in [1.807, 2.05) is 23.8 Å². The second kappa shape index (κ2) is 3.96. The summed E-state index contributed by atoms with van der Waals surface area (Å²) in [5.74, 6) is 0. The summed E-state index contributed by atoms with van der Waals surface area (Å²) in [4.78, 5) is 2.01. The Labute approximate surface area is 103 Å². The van der Waals surface area contributed by atoms with Gasteiger partial charge < -0.3 is 0 Å². The summed E-state index contributed by atoms with van der Waals surface area (Å²) in [6, 6.07) is 1.91. The third-order valence-electron chi connectivity index (χ3n) is 2.30. The van der Waals surface area contributed by atoms with E-state index < -0.39 is 10.0 Å². The molecule has 0 unspecified atom stereocenters. The zero-order valence-corrected chi connectivity index (χ0v) is 11.3. The number of primary sulfonamides is 1. The number of nitrogens with two attached hydrogens (primary N) is 1. The number of hydrogen-bond donors (Lipinski definition) is 1. The monoisotopic (exact) mass is 273 g/mol. The van der Waals surface area contributed by atoms with Crippen LogP contribution in [0.15, 0.2) is 21.7 Å². The molecular formula is C10H11NO2S3. The Morgan fingerprint density at radius 1 is 1.25 bits per heavy atom. The van der Waals surface area contributed by atoms with Crippen molar-refractivity contribution in [3.63, 3.8) is 0 Å². The van der Waals surface area contributed by atoms with Crippen molar-refractivity contribution < 1.29 is 8.42 Å². The highest BCUT2D eigenvalue weighted by Crippen LogP contribution is 2.38. The summed E-state index contributed by atoms with van der Waals surface area (Å²) < 4.78 is 23.1. The SMILES string of the molecule is Cc1sc(C)c(S(N)(=O)=O)c1-c1ccsc1. The van der Waals surface area contributed by atoms with Gasteiger partial charge in [0.05, 0.1) is 0 Å². The first kappa shape index (κ1) is 11.8. The summed E-state index contributed by atoms with van der Waals surface area (Å²) in [6.07, 6.45) is 0. The number of aryl methyl sites for hydroxylation is 2. The average molecular weight is 273 g/mol. The molecule has 0 saturated heterocycles. The highest BCUT2D eigenvalue weighted by atomic mass is 32.2. The van der Waals surface area contributed by atoms with Gasteiger partial charge in [-0.25, -0.2) is 13.6 Å². The third kappa shape index (κ3) is 1.93. The number of hydrogen-bond acceptors (Lipinski definition) is 4. The fourth-order valence-electron chi connectivity index (χ4n) is 1.75. The molecule has 0 radical (unpaired) electrons. The Kier molecular flexibility index (Phi) is 2.91. The number of thiophene rings is 2. The highest BCUT2D eigenvalue weighted by molar-refractivity contribution is 7.89. The second-order valence-electron chi connectivity index (χ2n) is 3.48. The maximum atomic E-state index is 11.6. The molecule has 2 rings (SSSR count). The van der Waals surface area contributed by atoms with E-state index >= 15 is 0 Å². The Balaban J connectivity index is 2.80. The van der Waals surface area contributed by atoms with Gasteiger partial charge in [0, 0.05) is 15.3 Å². The molecule has 3 nitrogen and oxygen atoms in total. The lowest BCUT2D eigenvalue weighted by molar-refractivity contribution is 0.598. The zero-order valence-electron chi connectivity index (χ0n) is 8.85. The van der Waals surface area contributed by atoms with Crippen molar-refractivity contribution in [3.05, 3.63) is 26.6 Å². The van der Waals surface area contributed by atoms with Crippen LogP contribution < -0.4 is 5.14 Å². The molecule has 0 fully saturated rings. The molecule has 0 spiro atoms. The van der Waals surface area contributed by atoms with Crippen LogP contribution >= 0.6 is 22.7 Å². The molecule has 0 bridgehead atoms. The van der Waals surface area contributed by atoms with Crippen molar-refractivity contribution in [2.24, 2.45) is 5.14 Å². The first-order chi connectivity index (χ1) is 7.41. The van der Waals surface area contributed by atoms with Crippen LogP contribution in [0.1, 0.15) is 9.75 Å². The van der Waals surface area contributed by atoms with Gasteiger partial charge in [-0.3, -0.25) is 0 Å². The summed E-state index contributed by atoms with van der Waals surface area (Å²) in [7, 11) is -3.65. The molecule has 0 aromatic carbocycles. The minimum Gasteiger partial charge on any atom is -0.225 e. The summed E-state index contributed by atoms with van der Waals surface area (Å²) >= 11 is 3.01. The van der Waals surface area contributed by atoms with E-state index in [2.05, 4.69) is 0 Å². The standard InChI is InChI=1S/C10H11NO2S3/c1-6-9(8-3-4-14-5-8)10(7(2)15-6)16(11,12)13/h3-5H,1-2H3,(H2,11,12,13). The number of sulfonamides is 1. The van der Waals surface area contributed by atoms with Crippen LogP contribution in [0, 0.1) is 13.8 Å². The molecule has 6 heteroatoms. The highest BCUT2D eigenvalue weighted by Gasteiger charge is 2.23. The van der Waals surface area contributed by atoms with Crippen LogP contribution in [0.3, 0.4) is 0 Å². The van der Waals surface area contributed by atoms with Crippen molar-refractivity contribution in [2.75, 3.05) is 0 Å². The van der Waals surface area contributed by atoms with Crippen molar-refractivity contribution >= 4 is 32.7 Å². The minimum atomic E-state index is -3.65. The predicted molar refractivity (Wildman–Crippen MR) is 68.5 cm³/mol. The molecule has 0 atom stereocenters. The topological polar surface area (TPSA) is 60.2 Å². The number of rotatable bonds is 2. The lowest BCUT2D eigenvalue weighted by Crippen LogP contribution is -2.13. The van der Waals surface area contributed by atoms with Crippen molar-refractivity contribution in [1.29, 1.82) is 0 Å². The molecule has 2 N–H and O–H groups in total.